The lowest BCUT2D eigenvalue weighted by atomic mass is 9.98. The molecular formula is C51H32N4. The van der Waals surface area contributed by atoms with Gasteiger partial charge in [0.15, 0.2) is 17.5 Å². The fraction of sp³-hybridized carbons (Fsp3) is 0. The van der Waals surface area contributed by atoms with Crippen molar-refractivity contribution in [2.45, 2.75) is 0 Å². The summed E-state index contributed by atoms with van der Waals surface area (Å²) >= 11 is 0. The second-order valence-corrected chi connectivity index (χ2v) is 14.0. The smallest absolute Gasteiger partial charge is 0.164 e. The van der Waals surface area contributed by atoms with Crippen molar-refractivity contribution < 1.29 is 0 Å². The third kappa shape index (κ3) is 5.19. The second-order valence-electron chi connectivity index (χ2n) is 14.0. The van der Waals surface area contributed by atoms with Crippen molar-refractivity contribution in [1.82, 2.24) is 19.5 Å². The van der Waals surface area contributed by atoms with Crippen molar-refractivity contribution in [1.29, 1.82) is 0 Å². The molecule has 2 heterocycles. The summed E-state index contributed by atoms with van der Waals surface area (Å²) in [6, 6.07) is 68.7. The summed E-state index contributed by atoms with van der Waals surface area (Å²) in [6.45, 7) is 0. The molecule has 0 aliphatic rings. The summed E-state index contributed by atoms with van der Waals surface area (Å²) in [7, 11) is 0. The summed E-state index contributed by atoms with van der Waals surface area (Å²) < 4.78 is 2.42. The topological polar surface area (TPSA) is 43.6 Å². The molecule has 0 bridgehead atoms. The van der Waals surface area contributed by atoms with Crippen molar-refractivity contribution in [2.24, 2.45) is 0 Å². The van der Waals surface area contributed by atoms with E-state index in [4.69, 9.17) is 15.0 Å². The van der Waals surface area contributed by atoms with E-state index >= 15 is 0 Å². The van der Waals surface area contributed by atoms with E-state index in [-0.39, 0.29) is 0 Å². The third-order valence-corrected chi connectivity index (χ3v) is 10.8. The molecule has 0 aliphatic carbocycles. The molecule has 11 aromatic rings. The van der Waals surface area contributed by atoms with E-state index in [0.29, 0.717) is 17.5 Å². The molecule has 0 unspecified atom stereocenters. The minimum atomic E-state index is 0.632. The highest BCUT2D eigenvalue weighted by Crippen LogP contribution is 2.41. The summed E-state index contributed by atoms with van der Waals surface area (Å²) in [5.41, 5.74) is 8.43. The summed E-state index contributed by atoms with van der Waals surface area (Å²) in [5.74, 6) is 1.91. The molecule has 0 aliphatic heterocycles. The quantitative estimate of drug-likeness (QED) is 0.179. The number of rotatable bonds is 5. The lowest BCUT2D eigenvalue weighted by molar-refractivity contribution is 1.07. The van der Waals surface area contributed by atoms with Gasteiger partial charge < -0.3 is 4.57 Å². The van der Waals surface area contributed by atoms with Crippen LogP contribution in [0.3, 0.4) is 0 Å². The van der Waals surface area contributed by atoms with Crippen LogP contribution in [0.4, 0.5) is 0 Å². The van der Waals surface area contributed by atoms with Gasteiger partial charge in [0, 0.05) is 33.2 Å². The maximum atomic E-state index is 5.18. The maximum Gasteiger partial charge on any atom is 0.164 e. The Hall–Kier alpha value is -7.43. The monoisotopic (exact) mass is 700 g/mol. The lowest BCUT2D eigenvalue weighted by Gasteiger charge is -2.14. The Kier molecular flexibility index (Phi) is 7.14. The fourth-order valence-electron chi connectivity index (χ4n) is 8.24. The van der Waals surface area contributed by atoms with E-state index in [1.807, 2.05) is 18.2 Å². The van der Waals surface area contributed by atoms with E-state index in [9.17, 15) is 0 Å². The van der Waals surface area contributed by atoms with Crippen LogP contribution in [-0.4, -0.2) is 19.5 Å². The molecule has 256 valence electrons. The Morgan fingerprint density at radius 3 is 1.55 bits per heavy atom. The zero-order chi connectivity index (χ0) is 36.3. The van der Waals surface area contributed by atoms with Crippen LogP contribution in [0.2, 0.25) is 0 Å². The Bertz CT molecular complexity index is 3180. The van der Waals surface area contributed by atoms with E-state index in [1.165, 1.54) is 48.7 Å². The molecule has 11 rings (SSSR count). The maximum absolute atomic E-state index is 5.18. The van der Waals surface area contributed by atoms with Gasteiger partial charge in [0.2, 0.25) is 0 Å². The van der Waals surface area contributed by atoms with Crippen LogP contribution in [0.25, 0.3) is 105 Å². The van der Waals surface area contributed by atoms with Gasteiger partial charge in [-0.2, -0.15) is 0 Å². The summed E-state index contributed by atoms with van der Waals surface area (Å²) in [6.07, 6.45) is 0. The molecule has 0 fully saturated rings. The minimum absolute atomic E-state index is 0.632. The number of fused-ring (bicyclic) bond motifs is 8. The Morgan fingerprint density at radius 2 is 0.836 bits per heavy atom. The van der Waals surface area contributed by atoms with Gasteiger partial charge in [-0.05, 0) is 73.8 Å². The first-order valence-corrected chi connectivity index (χ1v) is 18.6. The molecule has 2 aromatic heterocycles. The average molecular weight is 701 g/mol. The largest absolute Gasteiger partial charge is 0.309 e. The first-order valence-electron chi connectivity index (χ1n) is 18.6. The molecule has 0 radical (unpaired) electrons. The van der Waals surface area contributed by atoms with Gasteiger partial charge in [-0.25, -0.2) is 15.0 Å². The molecule has 0 amide bonds. The van der Waals surface area contributed by atoms with Crippen LogP contribution in [0.1, 0.15) is 0 Å². The van der Waals surface area contributed by atoms with Gasteiger partial charge in [0.1, 0.15) is 0 Å². The standard InChI is InChI=1S/C51H32N4/c1-2-16-36(17-3-1)49-52-50(39-26-25-33-13-4-5-18-37(33)31-39)54-51(53-49)44-24-11-10-21-41(44)38-19-12-20-40(32-38)55-45-29-27-34-14-6-8-22-42(34)47(45)48-43-23-9-7-15-35(43)28-30-46(48)55/h1-32H. The van der Waals surface area contributed by atoms with Gasteiger partial charge in [-0.1, -0.05) is 164 Å². The fourth-order valence-corrected chi connectivity index (χ4v) is 8.24. The van der Waals surface area contributed by atoms with Crippen molar-refractivity contribution in [3.63, 3.8) is 0 Å². The molecule has 0 saturated heterocycles. The van der Waals surface area contributed by atoms with E-state index < -0.39 is 0 Å². The molecule has 0 N–H and O–H groups in total. The predicted molar refractivity (Wildman–Crippen MR) is 228 cm³/mol. The van der Waals surface area contributed by atoms with Crippen LogP contribution in [-0.2, 0) is 0 Å². The van der Waals surface area contributed by atoms with Crippen molar-refractivity contribution in [2.75, 3.05) is 0 Å². The van der Waals surface area contributed by atoms with Crippen LogP contribution in [0.5, 0.6) is 0 Å². The Labute approximate surface area is 317 Å². The number of benzene rings is 9. The van der Waals surface area contributed by atoms with Crippen LogP contribution in [0, 0.1) is 0 Å². The van der Waals surface area contributed by atoms with E-state index in [1.54, 1.807) is 0 Å². The second kappa shape index (κ2) is 12.6. The van der Waals surface area contributed by atoms with Crippen LogP contribution in [0.15, 0.2) is 194 Å². The number of aromatic nitrogens is 4. The molecule has 55 heavy (non-hydrogen) atoms. The minimum Gasteiger partial charge on any atom is -0.309 e. The highest BCUT2D eigenvalue weighted by atomic mass is 15.0. The molecular weight excluding hydrogens is 669 g/mol. The molecule has 4 heteroatoms. The molecule has 0 saturated carbocycles. The van der Waals surface area contributed by atoms with Crippen molar-refractivity contribution in [3.8, 4) is 51.0 Å². The van der Waals surface area contributed by atoms with Crippen molar-refractivity contribution >= 4 is 54.1 Å². The molecule has 9 aromatic carbocycles. The lowest BCUT2D eigenvalue weighted by Crippen LogP contribution is -2.01. The number of hydrogen-bond acceptors (Lipinski definition) is 3. The molecule has 0 spiro atoms. The predicted octanol–water partition coefficient (Wildman–Crippen LogP) is 13.1. The van der Waals surface area contributed by atoms with Gasteiger partial charge >= 0.3 is 0 Å². The normalized spacial score (nSPS) is 11.6. The van der Waals surface area contributed by atoms with Crippen LogP contribution < -0.4 is 0 Å². The molecule has 4 nitrogen and oxygen atoms in total. The Balaban J connectivity index is 1.12. The molecule has 0 atom stereocenters. The van der Waals surface area contributed by atoms with Gasteiger partial charge in [-0.3, -0.25) is 0 Å². The number of nitrogens with zero attached hydrogens (tertiary/aromatic N) is 4. The van der Waals surface area contributed by atoms with Gasteiger partial charge in [-0.15, -0.1) is 0 Å². The SMILES string of the molecule is c1ccc(-c2nc(-c3ccc4ccccc4c3)nc(-c3ccccc3-c3cccc(-n4c5ccc6ccccc6c5c5c6ccccc6ccc54)c3)n2)cc1. The zero-order valence-electron chi connectivity index (χ0n) is 29.8. The average Bonchev–Trinajstić information content (AvgIpc) is 3.62. The van der Waals surface area contributed by atoms with Gasteiger partial charge in [0.05, 0.1) is 11.0 Å². The van der Waals surface area contributed by atoms with Crippen molar-refractivity contribution in [3.05, 3.63) is 194 Å². The summed E-state index contributed by atoms with van der Waals surface area (Å²) in [5, 5.41) is 9.86. The first kappa shape index (κ1) is 31.1. The van der Waals surface area contributed by atoms with Crippen LogP contribution >= 0.6 is 0 Å². The zero-order valence-corrected chi connectivity index (χ0v) is 29.8. The highest BCUT2D eigenvalue weighted by molar-refractivity contribution is 6.28. The summed E-state index contributed by atoms with van der Waals surface area (Å²) in [4.78, 5) is 15.3. The Morgan fingerprint density at radius 1 is 0.309 bits per heavy atom. The van der Waals surface area contributed by atoms with E-state index in [0.717, 1.165) is 38.9 Å². The first-order chi connectivity index (χ1) is 27.3. The van der Waals surface area contributed by atoms with Gasteiger partial charge in [0.25, 0.3) is 0 Å². The number of hydrogen-bond donors (Lipinski definition) is 0. The van der Waals surface area contributed by atoms with E-state index in [2.05, 4.69) is 180 Å². The third-order valence-electron chi connectivity index (χ3n) is 10.8. The highest BCUT2D eigenvalue weighted by Gasteiger charge is 2.19.